The summed E-state index contributed by atoms with van der Waals surface area (Å²) in [6.45, 7) is 8.77. The van der Waals surface area contributed by atoms with Gasteiger partial charge in [-0.05, 0) is 36.7 Å². The molecule has 0 unspecified atom stereocenters. The van der Waals surface area contributed by atoms with E-state index in [9.17, 15) is 0 Å². The van der Waals surface area contributed by atoms with E-state index in [0.717, 1.165) is 38.6 Å². The van der Waals surface area contributed by atoms with E-state index in [1.807, 2.05) is 0 Å². The first-order chi connectivity index (χ1) is 10.7. The normalized spacial score (nSPS) is 28.2. The summed E-state index contributed by atoms with van der Waals surface area (Å²) in [7, 11) is 0. The minimum atomic E-state index is 0.617. The molecule has 1 aliphatic heterocycles. The topological polar surface area (TPSA) is 12.5 Å². The molecule has 1 fully saturated rings. The Balaban J connectivity index is 1.69. The highest BCUT2D eigenvalue weighted by atomic mass is 16.5. The fourth-order valence-electron chi connectivity index (χ4n) is 3.88. The molecule has 1 aliphatic carbocycles. The number of hydrogen-bond donors (Lipinski definition) is 0. The third-order valence-electron chi connectivity index (χ3n) is 5.34. The van der Waals surface area contributed by atoms with Gasteiger partial charge in [0.05, 0.1) is 13.2 Å². The molecule has 22 heavy (non-hydrogen) atoms. The molecular formula is C20H29NO. The average molecular weight is 299 g/mol. The predicted molar refractivity (Wildman–Crippen MR) is 92.0 cm³/mol. The van der Waals surface area contributed by atoms with Gasteiger partial charge in [-0.3, -0.25) is 4.90 Å². The third kappa shape index (κ3) is 3.80. The van der Waals surface area contributed by atoms with E-state index in [4.69, 9.17) is 4.74 Å². The summed E-state index contributed by atoms with van der Waals surface area (Å²) in [5.74, 6) is 1.42. The second-order valence-electron chi connectivity index (χ2n) is 6.99. The number of benzene rings is 1. The summed E-state index contributed by atoms with van der Waals surface area (Å²) in [5, 5.41) is 0. The molecule has 0 N–H and O–H groups in total. The van der Waals surface area contributed by atoms with E-state index in [1.54, 1.807) is 5.57 Å². The molecule has 0 radical (unpaired) electrons. The summed E-state index contributed by atoms with van der Waals surface area (Å²) in [6, 6.07) is 11.5. The lowest BCUT2D eigenvalue weighted by atomic mass is 9.80. The highest BCUT2D eigenvalue weighted by Crippen LogP contribution is 2.32. The van der Waals surface area contributed by atoms with E-state index in [0.29, 0.717) is 12.0 Å². The van der Waals surface area contributed by atoms with Crippen molar-refractivity contribution < 1.29 is 4.74 Å². The van der Waals surface area contributed by atoms with Crippen molar-refractivity contribution in [2.24, 2.45) is 11.8 Å². The molecule has 3 atom stereocenters. The van der Waals surface area contributed by atoms with Gasteiger partial charge in [-0.1, -0.05) is 55.8 Å². The first-order valence-corrected chi connectivity index (χ1v) is 8.80. The average Bonchev–Trinajstić information content (AvgIpc) is 2.57. The van der Waals surface area contributed by atoms with Gasteiger partial charge in [-0.15, -0.1) is 0 Å². The zero-order valence-electron chi connectivity index (χ0n) is 14.0. The Hall–Kier alpha value is -1.12. The highest BCUT2D eigenvalue weighted by Gasteiger charge is 2.29. The number of ether oxygens (including phenoxy) is 1. The van der Waals surface area contributed by atoms with Crippen LogP contribution < -0.4 is 0 Å². The lowest BCUT2D eigenvalue weighted by Gasteiger charge is -2.40. The minimum Gasteiger partial charge on any atom is -0.379 e. The summed E-state index contributed by atoms with van der Waals surface area (Å²) >= 11 is 0. The summed E-state index contributed by atoms with van der Waals surface area (Å²) in [5.41, 5.74) is 3.12. The first kappa shape index (κ1) is 15.8. The summed E-state index contributed by atoms with van der Waals surface area (Å²) in [6.07, 6.45) is 6.35. The summed E-state index contributed by atoms with van der Waals surface area (Å²) in [4.78, 5) is 2.63. The SMILES string of the molecule is C[C@H](Cc1ccccc1)C1=C[C@@H](N2CCOCC2)[C@H](C)CC1. The number of hydrogen-bond acceptors (Lipinski definition) is 2. The lowest BCUT2D eigenvalue weighted by Crippen LogP contribution is -2.46. The van der Waals surface area contributed by atoms with Crippen molar-refractivity contribution in [3.63, 3.8) is 0 Å². The standard InChI is InChI=1S/C20H29NO/c1-16-8-9-19(15-20(16)21-10-12-22-13-11-21)17(2)14-18-6-4-3-5-7-18/h3-7,15-17,20H,8-14H2,1-2H3/t16-,17-,20-/m1/s1. The fourth-order valence-corrected chi connectivity index (χ4v) is 3.88. The third-order valence-corrected chi connectivity index (χ3v) is 5.34. The monoisotopic (exact) mass is 299 g/mol. The van der Waals surface area contributed by atoms with Crippen LogP contribution in [0.5, 0.6) is 0 Å². The minimum absolute atomic E-state index is 0.617. The number of nitrogens with zero attached hydrogens (tertiary/aromatic N) is 1. The van der Waals surface area contributed by atoms with Crippen LogP contribution in [0.15, 0.2) is 42.0 Å². The number of morpholine rings is 1. The van der Waals surface area contributed by atoms with Crippen LogP contribution in [-0.4, -0.2) is 37.2 Å². The highest BCUT2D eigenvalue weighted by molar-refractivity contribution is 5.21. The molecule has 1 aromatic carbocycles. The smallest absolute Gasteiger partial charge is 0.0594 e. The van der Waals surface area contributed by atoms with E-state index in [-0.39, 0.29) is 0 Å². The van der Waals surface area contributed by atoms with Gasteiger partial charge in [0.15, 0.2) is 0 Å². The van der Waals surface area contributed by atoms with Crippen LogP contribution in [0.2, 0.25) is 0 Å². The lowest BCUT2D eigenvalue weighted by molar-refractivity contribution is 0.0134. The molecular weight excluding hydrogens is 270 g/mol. The van der Waals surface area contributed by atoms with Gasteiger partial charge in [0.1, 0.15) is 0 Å². The maximum absolute atomic E-state index is 5.52. The molecule has 120 valence electrons. The van der Waals surface area contributed by atoms with Gasteiger partial charge < -0.3 is 4.74 Å². The van der Waals surface area contributed by atoms with Crippen molar-refractivity contribution >= 4 is 0 Å². The second-order valence-corrected chi connectivity index (χ2v) is 6.99. The molecule has 0 spiro atoms. The van der Waals surface area contributed by atoms with Crippen LogP contribution in [0.1, 0.15) is 32.3 Å². The zero-order chi connectivity index (χ0) is 15.4. The van der Waals surface area contributed by atoms with Crippen LogP contribution in [0, 0.1) is 11.8 Å². The van der Waals surface area contributed by atoms with E-state index < -0.39 is 0 Å². The van der Waals surface area contributed by atoms with Gasteiger partial charge in [-0.25, -0.2) is 0 Å². The largest absolute Gasteiger partial charge is 0.379 e. The quantitative estimate of drug-likeness (QED) is 0.781. The van der Waals surface area contributed by atoms with Crippen LogP contribution >= 0.6 is 0 Å². The Labute approximate surface area is 135 Å². The Bertz CT molecular complexity index is 490. The maximum atomic E-state index is 5.52. The number of rotatable bonds is 4. The molecule has 2 heteroatoms. The number of allylic oxidation sites excluding steroid dienone is 1. The Kier molecular flexibility index (Phi) is 5.32. The van der Waals surface area contributed by atoms with Gasteiger partial charge in [0.25, 0.3) is 0 Å². The maximum Gasteiger partial charge on any atom is 0.0594 e. The van der Waals surface area contributed by atoms with Crippen LogP contribution in [0.25, 0.3) is 0 Å². The van der Waals surface area contributed by atoms with Gasteiger partial charge >= 0.3 is 0 Å². The van der Waals surface area contributed by atoms with Crippen molar-refractivity contribution in [2.75, 3.05) is 26.3 Å². The van der Waals surface area contributed by atoms with Crippen LogP contribution in [0.4, 0.5) is 0 Å². The van der Waals surface area contributed by atoms with E-state index in [2.05, 4.69) is 55.2 Å². The van der Waals surface area contributed by atoms with Gasteiger partial charge in [0.2, 0.25) is 0 Å². The Morgan fingerprint density at radius 2 is 1.91 bits per heavy atom. The first-order valence-electron chi connectivity index (χ1n) is 8.80. The molecule has 3 rings (SSSR count). The van der Waals surface area contributed by atoms with E-state index >= 15 is 0 Å². The molecule has 0 bridgehead atoms. The fraction of sp³-hybridized carbons (Fsp3) is 0.600. The Morgan fingerprint density at radius 3 is 2.64 bits per heavy atom. The predicted octanol–water partition coefficient (Wildman–Crippen LogP) is 3.92. The zero-order valence-corrected chi connectivity index (χ0v) is 14.0. The van der Waals surface area contributed by atoms with Crippen molar-refractivity contribution in [1.29, 1.82) is 0 Å². The molecule has 0 aromatic heterocycles. The van der Waals surface area contributed by atoms with Crippen LogP contribution in [-0.2, 0) is 11.2 Å². The molecule has 2 aliphatic rings. The molecule has 1 heterocycles. The molecule has 0 amide bonds. The molecule has 1 aromatic rings. The Morgan fingerprint density at radius 1 is 1.18 bits per heavy atom. The van der Waals surface area contributed by atoms with Gasteiger partial charge in [-0.2, -0.15) is 0 Å². The molecule has 2 nitrogen and oxygen atoms in total. The molecule has 1 saturated heterocycles. The molecule has 0 saturated carbocycles. The van der Waals surface area contributed by atoms with Gasteiger partial charge in [0, 0.05) is 19.1 Å². The second kappa shape index (κ2) is 7.43. The van der Waals surface area contributed by atoms with Crippen molar-refractivity contribution in [2.45, 2.75) is 39.2 Å². The van der Waals surface area contributed by atoms with Crippen molar-refractivity contribution in [1.82, 2.24) is 4.90 Å². The van der Waals surface area contributed by atoms with Crippen molar-refractivity contribution in [3.8, 4) is 0 Å². The van der Waals surface area contributed by atoms with E-state index in [1.165, 1.54) is 18.4 Å². The van der Waals surface area contributed by atoms with Crippen molar-refractivity contribution in [3.05, 3.63) is 47.5 Å². The van der Waals surface area contributed by atoms with Crippen LogP contribution in [0.3, 0.4) is 0 Å². The summed E-state index contributed by atoms with van der Waals surface area (Å²) < 4.78 is 5.52.